The number of benzene rings is 1. The van der Waals surface area contributed by atoms with Crippen LogP contribution in [0.4, 0.5) is 0 Å². The maximum Gasteiger partial charge on any atom is 0.336 e. The van der Waals surface area contributed by atoms with Crippen LogP contribution in [0.25, 0.3) is 0 Å². The van der Waals surface area contributed by atoms with Crippen molar-refractivity contribution in [1.29, 1.82) is 0 Å². The van der Waals surface area contributed by atoms with Gasteiger partial charge in [-0.05, 0) is 12.1 Å². The van der Waals surface area contributed by atoms with Gasteiger partial charge in [0.15, 0.2) is 0 Å². The Morgan fingerprint density at radius 1 is 0.812 bits per heavy atom. The van der Waals surface area contributed by atoms with E-state index >= 15 is 0 Å². The van der Waals surface area contributed by atoms with Crippen molar-refractivity contribution in [2.24, 2.45) is 0 Å². The first kappa shape index (κ1) is 16.6. The molecule has 4 heteroatoms. The first-order chi connectivity index (χ1) is 7.63. The number of carboxylic acids is 2. The molecule has 0 unspecified atom stereocenters. The molecule has 16 heavy (non-hydrogen) atoms. The van der Waals surface area contributed by atoms with Crippen LogP contribution in [-0.4, -0.2) is 22.2 Å². The number of aromatic carboxylic acids is 2. The Bertz CT molecular complexity index is 299. The number of carboxylic acid groups (broad SMARTS) is 2. The van der Waals surface area contributed by atoms with Gasteiger partial charge in [0, 0.05) is 0 Å². The maximum atomic E-state index is 10.5. The summed E-state index contributed by atoms with van der Waals surface area (Å²) in [4.78, 5) is 20.9. The molecule has 0 atom stereocenters. The molecule has 0 amide bonds. The Labute approximate surface area is 95.5 Å². The van der Waals surface area contributed by atoms with Gasteiger partial charge in [0.25, 0.3) is 0 Å². The lowest BCUT2D eigenvalue weighted by atomic mass is 10.1. The highest BCUT2D eigenvalue weighted by Gasteiger charge is 2.13. The number of hydrogen-bond donors (Lipinski definition) is 2. The molecule has 0 saturated carbocycles. The van der Waals surface area contributed by atoms with Gasteiger partial charge in [0.05, 0.1) is 11.1 Å². The second kappa shape index (κ2) is 9.71. The minimum atomic E-state index is -1.23. The summed E-state index contributed by atoms with van der Waals surface area (Å²) in [6, 6.07) is 5.48. The van der Waals surface area contributed by atoms with E-state index in [9.17, 15) is 9.59 Å². The molecule has 90 valence electrons. The van der Waals surface area contributed by atoms with Gasteiger partial charge in [-0.3, -0.25) is 0 Å². The van der Waals surface area contributed by atoms with Gasteiger partial charge in [-0.25, -0.2) is 9.59 Å². The van der Waals surface area contributed by atoms with Crippen LogP contribution < -0.4 is 0 Å². The predicted octanol–water partition coefficient (Wildman–Crippen LogP) is 3.14. The molecule has 1 rings (SSSR count). The fraction of sp³-hybridized carbons (Fsp3) is 0.333. The summed E-state index contributed by atoms with van der Waals surface area (Å²) in [6.45, 7) is 8.00. The normalized spacial score (nSPS) is 7.75. The first-order valence-electron chi connectivity index (χ1n) is 5.18. The molecule has 4 nitrogen and oxygen atoms in total. The summed E-state index contributed by atoms with van der Waals surface area (Å²) in [6.07, 6.45) is 0. The summed E-state index contributed by atoms with van der Waals surface area (Å²) in [5, 5.41) is 17.1. The van der Waals surface area contributed by atoms with E-state index in [0.29, 0.717) is 0 Å². The van der Waals surface area contributed by atoms with Gasteiger partial charge < -0.3 is 10.2 Å². The molecule has 0 aliphatic rings. The minimum Gasteiger partial charge on any atom is -0.478 e. The number of hydrogen-bond acceptors (Lipinski definition) is 2. The van der Waals surface area contributed by atoms with Crippen LogP contribution in [0.5, 0.6) is 0 Å². The summed E-state index contributed by atoms with van der Waals surface area (Å²) in [7, 11) is 0. The van der Waals surface area contributed by atoms with Crippen LogP contribution in [0.2, 0.25) is 0 Å². The minimum absolute atomic E-state index is 0.190. The smallest absolute Gasteiger partial charge is 0.336 e. The Hall–Kier alpha value is -1.84. The molecule has 0 aliphatic carbocycles. The second-order valence-electron chi connectivity index (χ2n) is 2.16. The lowest BCUT2D eigenvalue weighted by Gasteiger charge is -1.98. The van der Waals surface area contributed by atoms with Crippen molar-refractivity contribution in [3.05, 3.63) is 35.4 Å². The highest BCUT2D eigenvalue weighted by Crippen LogP contribution is 2.07. The number of rotatable bonds is 2. The van der Waals surface area contributed by atoms with Crippen LogP contribution in [0.15, 0.2) is 24.3 Å². The molecular weight excluding hydrogens is 208 g/mol. The van der Waals surface area contributed by atoms with E-state index in [1.807, 2.05) is 27.7 Å². The average molecular weight is 226 g/mol. The summed E-state index contributed by atoms with van der Waals surface area (Å²) < 4.78 is 0. The molecule has 0 heterocycles. The number of carbonyl (C=O) groups is 2. The van der Waals surface area contributed by atoms with E-state index in [1.165, 1.54) is 24.3 Å². The van der Waals surface area contributed by atoms with Crippen molar-refractivity contribution >= 4 is 11.9 Å². The first-order valence-corrected chi connectivity index (χ1v) is 5.18. The Morgan fingerprint density at radius 2 is 1.06 bits per heavy atom. The summed E-state index contributed by atoms with van der Waals surface area (Å²) >= 11 is 0. The third kappa shape index (κ3) is 5.14. The molecule has 1 aromatic rings. The topological polar surface area (TPSA) is 74.6 Å². The van der Waals surface area contributed by atoms with Crippen molar-refractivity contribution in [1.82, 2.24) is 0 Å². The van der Waals surface area contributed by atoms with Crippen molar-refractivity contribution < 1.29 is 19.8 Å². The van der Waals surface area contributed by atoms with Gasteiger partial charge >= 0.3 is 11.9 Å². The van der Waals surface area contributed by atoms with E-state index in [0.717, 1.165) is 0 Å². The molecule has 0 saturated heterocycles. The van der Waals surface area contributed by atoms with Gasteiger partial charge in [-0.1, -0.05) is 39.8 Å². The molecule has 0 spiro atoms. The van der Waals surface area contributed by atoms with Crippen molar-refractivity contribution in [2.75, 3.05) is 0 Å². The van der Waals surface area contributed by atoms with Crippen LogP contribution in [0, 0.1) is 0 Å². The molecule has 0 aromatic heterocycles. The van der Waals surface area contributed by atoms with E-state index in [4.69, 9.17) is 10.2 Å². The second-order valence-corrected chi connectivity index (χ2v) is 2.16. The van der Waals surface area contributed by atoms with Gasteiger partial charge in [0.1, 0.15) is 0 Å². The molecule has 0 aliphatic heterocycles. The molecule has 0 radical (unpaired) electrons. The zero-order chi connectivity index (χ0) is 13.1. The van der Waals surface area contributed by atoms with Crippen molar-refractivity contribution in [3.63, 3.8) is 0 Å². The van der Waals surface area contributed by atoms with Crippen LogP contribution in [0.1, 0.15) is 48.4 Å². The lowest BCUT2D eigenvalue weighted by molar-refractivity contribution is 0.0651. The Morgan fingerprint density at radius 3 is 1.25 bits per heavy atom. The zero-order valence-electron chi connectivity index (χ0n) is 10.0. The van der Waals surface area contributed by atoms with Gasteiger partial charge in [0.2, 0.25) is 0 Å². The van der Waals surface area contributed by atoms with E-state index in [1.54, 1.807) is 0 Å². The third-order valence-electron chi connectivity index (χ3n) is 1.39. The van der Waals surface area contributed by atoms with Crippen LogP contribution in [0.3, 0.4) is 0 Å². The molecule has 1 aromatic carbocycles. The van der Waals surface area contributed by atoms with Crippen molar-refractivity contribution in [2.45, 2.75) is 27.7 Å². The molecule has 0 bridgehead atoms. The highest BCUT2D eigenvalue weighted by molar-refractivity contribution is 6.01. The Balaban J connectivity index is 0. The van der Waals surface area contributed by atoms with E-state index < -0.39 is 11.9 Å². The van der Waals surface area contributed by atoms with Gasteiger partial charge in [-0.2, -0.15) is 0 Å². The summed E-state index contributed by atoms with van der Waals surface area (Å²) in [5.41, 5.74) is -0.380. The standard InChI is InChI=1S/C8H6O4.2C2H6/c9-7(10)5-3-1-2-4-6(5)8(11)12;2*1-2/h1-4H,(H,9,10)(H,11,12);2*1-2H3. The van der Waals surface area contributed by atoms with Crippen LogP contribution >= 0.6 is 0 Å². The maximum absolute atomic E-state index is 10.5. The van der Waals surface area contributed by atoms with E-state index in [-0.39, 0.29) is 11.1 Å². The monoisotopic (exact) mass is 226 g/mol. The third-order valence-corrected chi connectivity index (χ3v) is 1.39. The molecular formula is C12H18O4. The molecule has 2 N–H and O–H groups in total. The largest absolute Gasteiger partial charge is 0.478 e. The Kier molecular flexibility index (Phi) is 10.1. The van der Waals surface area contributed by atoms with E-state index in [2.05, 4.69) is 0 Å². The summed E-state index contributed by atoms with van der Waals surface area (Å²) in [5.74, 6) is -2.46. The predicted molar refractivity (Wildman–Crippen MR) is 63.1 cm³/mol. The average Bonchev–Trinajstić information content (AvgIpc) is 2.34. The molecule has 0 fully saturated rings. The lowest BCUT2D eigenvalue weighted by Crippen LogP contribution is -2.06. The van der Waals surface area contributed by atoms with Gasteiger partial charge in [-0.15, -0.1) is 0 Å². The highest BCUT2D eigenvalue weighted by atomic mass is 16.4. The zero-order valence-corrected chi connectivity index (χ0v) is 10.0. The fourth-order valence-electron chi connectivity index (χ4n) is 0.856. The van der Waals surface area contributed by atoms with Crippen molar-refractivity contribution in [3.8, 4) is 0 Å². The fourth-order valence-corrected chi connectivity index (χ4v) is 0.856. The van der Waals surface area contributed by atoms with Crippen LogP contribution in [-0.2, 0) is 0 Å². The SMILES string of the molecule is CC.CC.O=C(O)c1ccccc1C(=O)O. The quantitative estimate of drug-likeness (QED) is 0.812.